The van der Waals surface area contributed by atoms with Crippen LogP contribution in [0.2, 0.25) is 0 Å². The molecule has 2 aromatic rings. The maximum atomic E-state index is 12.1. The van der Waals surface area contributed by atoms with Gasteiger partial charge in [-0.1, -0.05) is 30.3 Å². The molecule has 3 rings (SSSR count). The predicted molar refractivity (Wildman–Crippen MR) is 80.9 cm³/mol. The number of amides is 1. The topological polar surface area (TPSA) is 63.2 Å². The van der Waals surface area contributed by atoms with E-state index in [1.807, 2.05) is 42.5 Å². The molecule has 0 bridgehead atoms. The van der Waals surface area contributed by atoms with Crippen molar-refractivity contribution in [3.05, 3.63) is 48.7 Å². The van der Waals surface area contributed by atoms with Crippen molar-refractivity contribution in [2.75, 3.05) is 25.0 Å². The van der Waals surface area contributed by atoms with Gasteiger partial charge in [-0.05, 0) is 23.3 Å². The second-order valence-corrected chi connectivity index (χ2v) is 4.85. The molecular weight excluding hydrogens is 266 g/mol. The molecule has 0 spiro atoms. The van der Waals surface area contributed by atoms with E-state index in [4.69, 9.17) is 4.74 Å². The quantitative estimate of drug-likeness (QED) is 0.899. The largest absolute Gasteiger partial charge is 0.366 e. The van der Waals surface area contributed by atoms with Crippen molar-refractivity contribution in [3.8, 4) is 11.1 Å². The number of carbonyl (C=O) groups is 1. The minimum absolute atomic E-state index is 0.167. The van der Waals surface area contributed by atoms with Crippen LogP contribution in [0.25, 0.3) is 11.1 Å². The van der Waals surface area contributed by atoms with E-state index in [1.54, 1.807) is 6.20 Å². The summed E-state index contributed by atoms with van der Waals surface area (Å²) in [5.41, 5.74) is 2.11. The second kappa shape index (κ2) is 6.47. The van der Waals surface area contributed by atoms with Crippen molar-refractivity contribution in [1.82, 2.24) is 10.3 Å². The van der Waals surface area contributed by atoms with Crippen molar-refractivity contribution >= 4 is 11.7 Å². The third-order valence-electron chi connectivity index (χ3n) is 3.34. The third kappa shape index (κ3) is 3.45. The number of anilines is 1. The van der Waals surface area contributed by atoms with Gasteiger partial charge < -0.3 is 15.4 Å². The summed E-state index contributed by atoms with van der Waals surface area (Å²) >= 11 is 0. The Morgan fingerprint density at radius 1 is 1.24 bits per heavy atom. The van der Waals surface area contributed by atoms with Crippen LogP contribution >= 0.6 is 0 Å². The average molecular weight is 283 g/mol. The molecule has 21 heavy (non-hydrogen) atoms. The SMILES string of the molecule is O=C(Nc1cc(-c2ccccc2)ccn1)C1CNCCO1. The van der Waals surface area contributed by atoms with Gasteiger partial charge in [0.25, 0.3) is 5.91 Å². The molecule has 1 aromatic heterocycles. The number of ether oxygens (including phenoxy) is 1. The molecule has 5 nitrogen and oxygen atoms in total. The van der Waals surface area contributed by atoms with Gasteiger partial charge in [-0.25, -0.2) is 4.98 Å². The molecule has 2 heterocycles. The highest BCUT2D eigenvalue weighted by molar-refractivity contribution is 5.94. The molecule has 1 atom stereocenters. The van der Waals surface area contributed by atoms with E-state index in [-0.39, 0.29) is 5.91 Å². The van der Waals surface area contributed by atoms with Crippen molar-refractivity contribution in [2.24, 2.45) is 0 Å². The molecule has 1 aromatic carbocycles. The number of nitrogens with zero attached hydrogens (tertiary/aromatic N) is 1. The number of rotatable bonds is 3. The number of nitrogens with one attached hydrogen (secondary N) is 2. The Hall–Kier alpha value is -2.24. The number of morpholine rings is 1. The Morgan fingerprint density at radius 3 is 2.86 bits per heavy atom. The molecule has 5 heteroatoms. The monoisotopic (exact) mass is 283 g/mol. The minimum atomic E-state index is -0.457. The van der Waals surface area contributed by atoms with E-state index in [9.17, 15) is 4.79 Å². The maximum Gasteiger partial charge on any atom is 0.255 e. The van der Waals surface area contributed by atoms with Crippen molar-refractivity contribution in [3.63, 3.8) is 0 Å². The molecule has 1 aliphatic rings. The Kier molecular flexibility index (Phi) is 4.23. The first kappa shape index (κ1) is 13.7. The fraction of sp³-hybridized carbons (Fsp3) is 0.250. The lowest BCUT2D eigenvalue weighted by Gasteiger charge is -2.22. The standard InChI is InChI=1S/C16H17N3O2/c20-16(14-11-17-8-9-21-14)19-15-10-13(6-7-18-15)12-4-2-1-3-5-12/h1-7,10,14,17H,8-9,11H2,(H,18,19,20). The fourth-order valence-corrected chi connectivity index (χ4v) is 2.25. The zero-order valence-electron chi connectivity index (χ0n) is 11.6. The zero-order chi connectivity index (χ0) is 14.5. The molecule has 1 fully saturated rings. The van der Waals surface area contributed by atoms with Gasteiger partial charge in [-0.15, -0.1) is 0 Å². The summed E-state index contributed by atoms with van der Waals surface area (Å²) < 4.78 is 5.42. The van der Waals surface area contributed by atoms with Crippen LogP contribution in [0, 0.1) is 0 Å². The molecule has 0 aliphatic carbocycles. The van der Waals surface area contributed by atoms with Crippen LogP contribution in [0.4, 0.5) is 5.82 Å². The summed E-state index contributed by atoms with van der Waals surface area (Å²) in [6, 6.07) is 13.8. The highest BCUT2D eigenvalue weighted by Crippen LogP contribution is 2.20. The van der Waals surface area contributed by atoms with E-state index in [0.29, 0.717) is 19.0 Å². The summed E-state index contributed by atoms with van der Waals surface area (Å²) in [7, 11) is 0. The average Bonchev–Trinajstić information content (AvgIpc) is 2.57. The molecule has 0 radical (unpaired) electrons. The van der Waals surface area contributed by atoms with E-state index >= 15 is 0 Å². The van der Waals surface area contributed by atoms with E-state index in [1.165, 1.54) is 0 Å². The fourth-order valence-electron chi connectivity index (χ4n) is 2.25. The lowest BCUT2D eigenvalue weighted by atomic mass is 10.1. The molecule has 1 saturated heterocycles. The molecule has 1 unspecified atom stereocenters. The van der Waals surface area contributed by atoms with Crippen LogP contribution in [0.3, 0.4) is 0 Å². The van der Waals surface area contributed by atoms with Crippen molar-refractivity contribution in [1.29, 1.82) is 0 Å². The Bertz CT molecular complexity index is 610. The number of hydrogen-bond donors (Lipinski definition) is 2. The van der Waals surface area contributed by atoms with Gasteiger partial charge >= 0.3 is 0 Å². The number of aromatic nitrogens is 1. The summed E-state index contributed by atoms with van der Waals surface area (Å²) in [4.78, 5) is 16.3. The number of pyridine rings is 1. The van der Waals surface area contributed by atoms with Crippen LogP contribution in [-0.4, -0.2) is 36.7 Å². The highest BCUT2D eigenvalue weighted by atomic mass is 16.5. The Labute approximate surface area is 123 Å². The molecule has 2 N–H and O–H groups in total. The van der Waals surface area contributed by atoms with E-state index in [0.717, 1.165) is 17.7 Å². The first-order chi connectivity index (χ1) is 10.3. The predicted octanol–water partition coefficient (Wildman–Crippen LogP) is 1.68. The van der Waals surface area contributed by atoms with Crippen molar-refractivity contribution in [2.45, 2.75) is 6.10 Å². The second-order valence-electron chi connectivity index (χ2n) is 4.85. The molecule has 1 aliphatic heterocycles. The summed E-state index contributed by atoms with van der Waals surface area (Å²) in [5, 5.41) is 5.94. The van der Waals surface area contributed by atoms with Crippen LogP contribution in [-0.2, 0) is 9.53 Å². The zero-order valence-corrected chi connectivity index (χ0v) is 11.6. The van der Waals surface area contributed by atoms with Gasteiger partial charge in [0, 0.05) is 19.3 Å². The van der Waals surface area contributed by atoms with Gasteiger partial charge in [0.2, 0.25) is 0 Å². The number of carbonyl (C=O) groups excluding carboxylic acids is 1. The van der Waals surface area contributed by atoms with E-state index in [2.05, 4.69) is 15.6 Å². The molecule has 108 valence electrons. The first-order valence-corrected chi connectivity index (χ1v) is 6.97. The van der Waals surface area contributed by atoms with Gasteiger partial charge in [0.1, 0.15) is 11.9 Å². The molecule has 0 saturated carbocycles. The minimum Gasteiger partial charge on any atom is -0.366 e. The Morgan fingerprint density at radius 2 is 2.10 bits per heavy atom. The lowest BCUT2D eigenvalue weighted by Crippen LogP contribution is -2.45. The highest BCUT2D eigenvalue weighted by Gasteiger charge is 2.22. The van der Waals surface area contributed by atoms with Crippen LogP contribution in [0.5, 0.6) is 0 Å². The first-order valence-electron chi connectivity index (χ1n) is 6.97. The van der Waals surface area contributed by atoms with E-state index < -0.39 is 6.10 Å². The van der Waals surface area contributed by atoms with Gasteiger partial charge in [0.05, 0.1) is 6.61 Å². The number of hydrogen-bond acceptors (Lipinski definition) is 4. The van der Waals surface area contributed by atoms with Crippen molar-refractivity contribution < 1.29 is 9.53 Å². The third-order valence-corrected chi connectivity index (χ3v) is 3.34. The van der Waals surface area contributed by atoms with Crippen LogP contribution in [0.15, 0.2) is 48.7 Å². The van der Waals surface area contributed by atoms with Crippen LogP contribution < -0.4 is 10.6 Å². The van der Waals surface area contributed by atoms with Gasteiger partial charge in [-0.2, -0.15) is 0 Å². The summed E-state index contributed by atoms with van der Waals surface area (Å²) in [6.45, 7) is 1.87. The van der Waals surface area contributed by atoms with Gasteiger partial charge in [0.15, 0.2) is 0 Å². The number of benzene rings is 1. The smallest absolute Gasteiger partial charge is 0.255 e. The lowest BCUT2D eigenvalue weighted by molar-refractivity contribution is -0.128. The maximum absolute atomic E-state index is 12.1. The normalized spacial score (nSPS) is 18.2. The van der Waals surface area contributed by atoms with Gasteiger partial charge in [-0.3, -0.25) is 4.79 Å². The van der Waals surface area contributed by atoms with Crippen LogP contribution in [0.1, 0.15) is 0 Å². The summed E-state index contributed by atoms with van der Waals surface area (Å²) in [5.74, 6) is 0.371. The molecule has 1 amide bonds. The molecular formula is C16H17N3O2. The summed E-state index contributed by atoms with van der Waals surface area (Å²) in [6.07, 6.45) is 1.23. The Balaban J connectivity index is 1.73.